The second-order valence-corrected chi connectivity index (χ2v) is 5.24. The highest BCUT2D eigenvalue weighted by Crippen LogP contribution is 2.31. The number of aromatic nitrogens is 1. The van der Waals surface area contributed by atoms with Crippen molar-refractivity contribution >= 4 is 10.9 Å². The van der Waals surface area contributed by atoms with Crippen molar-refractivity contribution in [2.75, 3.05) is 0 Å². The predicted molar refractivity (Wildman–Crippen MR) is 71.1 cm³/mol. The summed E-state index contributed by atoms with van der Waals surface area (Å²) in [4.78, 5) is 0. The lowest BCUT2D eigenvalue weighted by molar-refractivity contribution is 0.846. The summed E-state index contributed by atoms with van der Waals surface area (Å²) in [5.74, 6) is 1.17. The Morgan fingerprint density at radius 2 is 1.44 bits per heavy atom. The van der Waals surface area contributed by atoms with Crippen LogP contribution in [0.15, 0.2) is 24.4 Å². The van der Waals surface area contributed by atoms with Crippen molar-refractivity contribution in [3.05, 3.63) is 35.5 Å². The van der Waals surface area contributed by atoms with Gasteiger partial charge in [0.1, 0.15) is 0 Å². The number of nitrogens with zero attached hydrogens (tertiary/aromatic N) is 1. The maximum Gasteiger partial charge on any atom is 0.0515 e. The number of hydrogen-bond donors (Lipinski definition) is 0. The van der Waals surface area contributed by atoms with Gasteiger partial charge in [0.15, 0.2) is 0 Å². The summed E-state index contributed by atoms with van der Waals surface area (Å²) in [5.41, 5.74) is 4.31. The fraction of sp³-hybridized carbons (Fsp3) is 0.467. The second-order valence-electron chi connectivity index (χ2n) is 5.24. The minimum Gasteiger partial charge on any atom is -0.350 e. The lowest BCUT2D eigenvalue weighted by atomic mass is 9.93. The molecule has 0 fully saturated rings. The van der Waals surface area contributed by atoms with E-state index in [-0.39, 0.29) is 0 Å². The van der Waals surface area contributed by atoms with Crippen molar-refractivity contribution in [2.24, 2.45) is 7.05 Å². The number of benzene rings is 1. The fourth-order valence-electron chi connectivity index (χ4n) is 2.44. The Morgan fingerprint density at radius 1 is 0.875 bits per heavy atom. The molecule has 0 N–H and O–H groups in total. The largest absolute Gasteiger partial charge is 0.350 e. The average molecular weight is 215 g/mol. The van der Waals surface area contributed by atoms with E-state index in [1.165, 1.54) is 22.0 Å². The molecular formula is C15H21N. The van der Waals surface area contributed by atoms with E-state index in [4.69, 9.17) is 0 Å². The van der Waals surface area contributed by atoms with Crippen LogP contribution in [-0.2, 0) is 7.05 Å². The Kier molecular flexibility index (Phi) is 2.79. The van der Waals surface area contributed by atoms with Crippen molar-refractivity contribution in [1.82, 2.24) is 4.57 Å². The molecular weight excluding hydrogens is 194 g/mol. The molecule has 0 saturated heterocycles. The van der Waals surface area contributed by atoms with Crippen LogP contribution in [0.5, 0.6) is 0 Å². The molecule has 0 aliphatic heterocycles. The first-order chi connectivity index (χ1) is 7.52. The minimum atomic E-state index is 0.581. The Hall–Kier alpha value is -1.24. The molecule has 0 aliphatic rings. The normalized spacial score (nSPS) is 11.9. The Balaban J connectivity index is 2.79. The van der Waals surface area contributed by atoms with Crippen LogP contribution in [-0.4, -0.2) is 4.57 Å². The van der Waals surface area contributed by atoms with Gasteiger partial charge in [0.05, 0.1) is 5.52 Å². The van der Waals surface area contributed by atoms with E-state index in [9.17, 15) is 0 Å². The van der Waals surface area contributed by atoms with Crippen molar-refractivity contribution in [1.29, 1.82) is 0 Å². The van der Waals surface area contributed by atoms with Crippen LogP contribution in [0.25, 0.3) is 10.9 Å². The quantitative estimate of drug-likeness (QED) is 0.698. The summed E-state index contributed by atoms with van der Waals surface area (Å²) in [6, 6.07) is 6.83. The Morgan fingerprint density at radius 3 is 2.00 bits per heavy atom. The molecule has 1 heteroatoms. The third-order valence-corrected chi connectivity index (χ3v) is 3.34. The zero-order chi connectivity index (χ0) is 11.9. The summed E-state index contributed by atoms with van der Waals surface area (Å²) in [6.07, 6.45) is 2.17. The van der Waals surface area contributed by atoms with Gasteiger partial charge in [0.2, 0.25) is 0 Å². The molecule has 0 bridgehead atoms. The van der Waals surface area contributed by atoms with E-state index >= 15 is 0 Å². The fourth-order valence-corrected chi connectivity index (χ4v) is 2.44. The first-order valence-corrected chi connectivity index (χ1v) is 6.10. The molecule has 0 spiro atoms. The Bertz CT molecular complexity index is 503. The van der Waals surface area contributed by atoms with Crippen LogP contribution in [0.3, 0.4) is 0 Å². The van der Waals surface area contributed by atoms with Crippen LogP contribution in [0.1, 0.15) is 50.7 Å². The third-order valence-electron chi connectivity index (χ3n) is 3.34. The van der Waals surface area contributed by atoms with Gasteiger partial charge in [-0.05, 0) is 29.0 Å². The number of rotatable bonds is 2. The van der Waals surface area contributed by atoms with Gasteiger partial charge < -0.3 is 4.57 Å². The van der Waals surface area contributed by atoms with E-state index in [1.807, 2.05) is 0 Å². The highest BCUT2D eigenvalue weighted by atomic mass is 14.9. The molecule has 0 radical (unpaired) electrons. The van der Waals surface area contributed by atoms with Crippen LogP contribution >= 0.6 is 0 Å². The first-order valence-electron chi connectivity index (χ1n) is 6.10. The number of aryl methyl sites for hydroxylation is 1. The summed E-state index contributed by atoms with van der Waals surface area (Å²) in [5, 5.41) is 1.42. The van der Waals surface area contributed by atoms with Crippen LogP contribution in [0, 0.1) is 0 Å². The van der Waals surface area contributed by atoms with Gasteiger partial charge in [-0.25, -0.2) is 0 Å². The van der Waals surface area contributed by atoms with Crippen molar-refractivity contribution in [2.45, 2.75) is 39.5 Å². The predicted octanol–water partition coefficient (Wildman–Crippen LogP) is 4.43. The van der Waals surface area contributed by atoms with E-state index < -0.39 is 0 Å². The first kappa shape index (κ1) is 11.3. The van der Waals surface area contributed by atoms with Crippen LogP contribution in [0.4, 0.5) is 0 Å². The van der Waals surface area contributed by atoms with Gasteiger partial charge in [-0.15, -0.1) is 0 Å². The monoisotopic (exact) mass is 215 g/mol. The van der Waals surface area contributed by atoms with Crippen LogP contribution in [0.2, 0.25) is 0 Å². The molecule has 2 rings (SSSR count). The highest BCUT2D eigenvalue weighted by molar-refractivity contribution is 5.87. The minimum absolute atomic E-state index is 0.581. The topological polar surface area (TPSA) is 4.93 Å². The van der Waals surface area contributed by atoms with Gasteiger partial charge in [0, 0.05) is 18.6 Å². The average Bonchev–Trinajstić information content (AvgIpc) is 2.59. The molecule has 0 amide bonds. The van der Waals surface area contributed by atoms with E-state index in [1.54, 1.807) is 0 Å². The molecule has 0 atom stereocenters. The van der Waals surface area contributed by atoms with Crippen LogP contribution < -0.4 is 0 Å². The molecule has 0 aliphatic carbocycles. The maximum atomic E-state index is 2.29. The number of fused-ring (bicyclic) bond motifs is 1. The van der Waals surface area contributed by atoms with E-state index in [0.29, 0.717) is 11.8 Å². The second kappa shape index (κ2) is 3.97. The van der Waals surface area contributed by atoms with Gasteiger partial charge in [-0.3, -0.25) is 0 Å². The molecule has 86 valence electrons. The Labute approximate surface area is 98.1 Å². The van der Waals surface area contributed by atoms with Crippen molar-refractivity contribution < 1.29 is 0 Å². The van der Waals surface area contributed by atoms with Crippen molar-refractivity contribution in [3.8, 4) is 0 Å². The lowest BCUT2D eigenvalue weighted by Crippen LogP contribution is -1.97. The lowest BCUT2D eigenvalue weighted by Gasteiger charge is -2.14. The summed E-state index contributed by atoms with van der Waals surface area (Å²) < 4.78 is 2.25. The molecule has 0 unspecified atom stereocenters. The zero-order valence-corrected chi connectivity index (χ0v) is 10.9. The smallest absolute Gasteiger partial charge is 0.0515 e. The highest BCUT2D eigenvalue weighted by Gasteiger charge is 2.13. The van der Waals surface area contributed by atoms with E-state index in [0.717, 1.165) is 0 Å². The van der Waals surface area contributed by atoms with Gasteiger partial charge in [0.25, 0.3) is 0 Å². The molecule has 1 nitrogen and oxygen atoms in total. The van der Waals surface area contributed by atoms with Gasteiger partial charge in [-0.2, -0.15) is 0 Å². The molecule has 1 aromatic carbocycles. The molecule has 2 aromatic rings. The molecule has 16 heavy (non-hydrogen) atoms. The summed E-state index contributed by atoms with van der Waals surface area (Å²) in [6.45, 7) is 9.04. The van der Waals surface area contributed by atoms with Gasteiger partial charge in [-0.1, -0.05) is 39.8 Å². The zero-order valence-electron chi connectivity index (χ0n) is 10.9. The standard InChI is InChI=1S/C15H21N/c1-10(2)12-6-7-13(11(3)4)15-14(12)8-9-16(15)5/h6-11H,1-5H3. The van der Waals surface area contributed by atoms with Crippen molar-refractivity contribution in [3.63, 3.8) is 0 Å². The molecule has 1 heterocycles. The molecule has 0 saturated carbocycles. The number of hydrogen-bond acceptors (Lipinski definition) is 0. The van der Waals surface area contributed by atoms with E-state index in [2.05, 4.69) is 63.7 Å². The maximum absolute atomic E-state index is 2.29. The third kappa shape index (κ3) is 1.64. The SMILES string of the molecule is CC(C)c1ccc(C(C)C)c2c1ccn2C. The summed E-state index contributed by atoms with van der Waals surface area (Å²) in [7, 11) is 2.14. The summed E-state index contributed by atoms with van der Waals surface area (Å²) >= 11 is 0. The molecule has 1 aromatic heterocycles. The van der Waals surface area contributed by atoms with Gasteiger partial charge >= 0.3 is 0 Å².